The molecular formula is C14H22Cl2FNSi. The van der Waals surface area contributed by atoms with Gasteiger partial charge in [0.2, 0.25) is 0 Å². The summed E-state index contributed by atoms with van der Waals surface area (Å²) in [6, 6.07) is 6.07. The van der Waals surface area contributed by atoms with Gasteiger partial charge in [-0.2, -0.15) is 0 Å². The molecule has 0 aromatic heterocycles. The Hall–Kier alpha value is -0.0931. The van der Waals surface area contributed by atoms with Gasteiger partial charge in [-0.3, -0.25) is 0 Å². The second kappa shape index (κ2) is 7.07. The molecule has 0 amide bonds. The fourth-order valence-electron chi connectivity index (χ4n) is 3.05. The Balaban J connectivity index is 3.38. The van der Waals surface area contributed by atoms with Gasteiger partial charge in [0.25, 0.3) is 0 Å². The first kappa shape index (κ1) is 17.0. The molecule has 2 N–H and O–H groups in total. The predicted octanol–water partition coefficient (Wildman–Crippen LogP) is 5.22. The van der Waals surface area contributed by atoms with E-state index >= 15 is 0 Å². The minimum Gasteiger partial charge on any atom is -0.330 e. The summed E-state index contributed by atoms with van der Waals surface area (Å²) in [5.41, 5.74) is 7.06. The molecule has 0 aliphatic heterocycles. The molecule has 0 saturated heterocycles. The average molecular weight is 322 g/mol. The van der Waals surface area contributed by atoms with Gasteiger partial charge in [0.15, 0.2) is 0 Å². The lowest BCUT2D eigenvalue weighted by atomic mass is 10.1. The number of hydrogen-bond donors (Lipinski definition) is 1. The summed E-state index contributed by atoms with van der Waals surface area (Å²) in [6.07, 6.45) is 0. The molecule has 1 atom stereocenters. The molecule has 1 aromatic carbocycles. The Kier molecular flexibility index (Phi) is 6.31. The SMILES string of the molecule is CC[Si](CC)(CC)[C@@H](CN)c1c(Cl)cc(F)cc1Cl. The fraction of sp³-hybridized carbons (Fsp3) is 0.571. The van der Waals surface area contributed by atoms with E-state index in [1.54, 1.807) is 0 Å². The number of benzene rings is 1. The molecule has 19 heavy (non-hydrogen) atoms. The van der Waals surface area contributed by atoms with Crippen LogP contribution in [0, 0.1) is 5.82 Å². The van der Waals surface area contributed by atoms with Crippen LogP contribution in [0.25, 0.3) is 0 Å². The van der Waals surface area contributed by atoms with Gasteiger partial charge in [0, 0.05) is 10.0 Å². The Morgan fingerprint density at radius 2 is 1.53 bits per heavy atom. The van der Waals surface area contributed by atoms with Crippen molar-refractivity contribution < 1.29 is 4.39 Å². The molecule has 1 aromatic rings. The molecule has 0 aliphatic rings. The molecule has 0 heterocycles. The van der Waals surface area contributed by atoms with Gasteiger partial charge in [-0.1, -0.05) is 62.1 Å². The zero-order valence-corrected chi connectivity index (χ0v) is 14.3. The molecule has 1 nitrogen and oxygen atoms in total. The largest absolute Gasteiger partial charge is 0.330 e. The standard InChI is InChI=1S/C14H22Cl2FNSi/c1-4-19(5-2,6-3)13(9-18)14-11(15)7-10(17)8-12(14)16/h7-8,13H,4-6,9,18H2,1-3H3/t13-/m0/s1. The number of halogens is 3. The van der Waals surface area contributed by atoms with Crippen LogP contribution in [0.5, 0.6) is 0 Å². The van der Waals surface area contributed by atoms with E-state index in [1.807, 2.05) is 0 Å². The molecule has 0 bridgehead atoms. The molecule has 5 heteroatoms. The third kappa shape index (κ3) is 3.33. The third-order valence-corrected chi connectivity index (χ3v) is 11.3. The Morgan fingerprint density at radius 1 is 1.11 bits per heavy atom. The highest BCUT2D eigenvalue weighted by atomic mass is 35.5. The van der Waals surface area contributed by atoms with Crippen molar-refractivity contribution in [1.82, 2.24) is 0 Å². The summed E-state index contributed by atoms with van der Waals surface area (Å²) >= 11 is 12.5. The third-order valence-electron chi connectivity index (χ3n) is 4.48. The first-order valence-electron chi connectivity index (χ1n) is 6.80. The van der Waals surface area contributed by atoms with Gasteiger partial charge in [-0.15, -0.1) is 0 Å². The molecule has 0 saturated carbocycles. The zero-order chi connectivity index (χ0) is 14.6. The topological polar surface area (TPSA) is 26.0 Å². The average Bonchev–Trinajstić information content (AvgIpc) is 2.37. The quantitative estimate of drug-likeness (QED) is 0.714. The van der Waals surface area contributed by atoms with E-state index in [2.05, 4.69) is 20.8 Å². The van der Waals surface area contributed by atoms with Crippen molar-refractivity contribution >= 4 is 31.3 Å². The van der Waals surface area contributed by atoms with Gasteiger partial charge < -0.3 is 5.73 Å². The molecule has 0 radical (unpaired) electrons. The van der Waals surface area contributed by atoms with Crippen LogP contribution in [0.3, 0.4) is 0 Å². The van der Waals surface area contributed by atoms with Crippen LogP contribution in [0.15, 0.2) is 12.1 Å². The number of rotatable bonds is 6. The van der Waals surface area contributed by atoms with E-state index in [9.17, 15) is 4.39 Å². The van der Waals surface area contributed by atoms with Crippen LogP contribution >= 0.6 is 23.2 Å². The van der Waals surface area contributed by atoms with Gasteiger partial charge in [0.1, 0.15) is 5.82 Å². The maximum absolute atomic E-state index is 13.3. The minimum absolute atomic E-state index is 0.188. The van der Waals surface area contributed by atoms with E-state index < -0.39 is 13.9 Å². The van der Waals surface area contributed by atoms with Crippen molar-refractivity contribution in [2.24, 2.45) is 5.73 Å². The molecule has 108 valence electrons. The van der Waals surface area contributed by atoms with Gasteiger partial charge in [-0.05, 0) is 29.8 Å². The zero-order valence-electron chi connectivity index (χ0n) is 11.8. The van der Waals surface area contributed by atoms with Crippen molar-refractivity contribution in [3.63, 3.8) is 0 Å². The molecule has 0 fully saturated rings. The highest BCUT2D eigenvalue weighted by Gasteiger charge is 2.38. The molecule has 1 rings (SSSR count). The van der Waals surface area contributed by atoms with E-state index in [1.165, 1.54) is 12.1 Å². The number of hydrogen-bond acceptors (Lipinski definition) is 1. The van der Waals surface area contributed by atoms with Crippen molar-refractivity contribution in [3.05, 3.63) is 33.6 Å². The van der Waals surface area contributed by atoms with E-state index in [0.717, 1.165) is 23.7 Å². The minimum atomic E-state index is -1.58. The molecule has 0 unspecified atom stereocenters. The van der Waals surface area contributed by atoms with Gasteiger partial charge >= 0.3 is 0 Å². The van der Waals surface area contributed by atoms with Crippen molar-refractivity contribution in [2.45, 2.75) is 44.4 Å². The van der Waals surface area contributed by atoms with E-state index in [4.69, 9.17) is 28.9 Å². The monoisotopic (exact) mass is 321 g/mol. The lowest BCUT2D eigenvalue weighted by molar-refractivity contribution is 0.626. The van der Waals surface area contributed by atoms with Crippen LogP contribution < -0.4 is 5.73 Å². The Bertz CT molecular complexity index is 404. The van der Waals surface area contributed by atoms with Crippen molar-refractivity contribution in [3.8, 4) is 0 Å². The highest BCUT2D eigenvalue weighted by molar-refractivity contribution is 6.81. The normalized spacial score (nSPS) is 13.6. The summed E-state index contributed by atoms with van der Waals surface area (Å²) in [7, 11) is -1.58. The maximum Gasteiger partial charge on any atom is 0.126 e. The van der Waals surface area contributed by atoms with Crippen LogP contribution in [0.2, 0.25) is 28.2 Å². The lowest BCUT2D eigenvalue weighted by Crippen LogP contribution is -2.43. The van der Waals surface area contributed by atoms with E-state index in [0.29, 0.717) is 16.6 Å². The molecule has 0 aliphatic carbocycles. The summed E-state index contributed by atoms with van der Waals surface area (Å²) < 4.78 is 13.3. The second-order valence-corrected chi connectivity index (χ2v) is 11.4. The summed E-state index contributed by atoms with van der Waals surface area (Å²) in [5, 5.41) is 0.820. The second-order valence-electron chi connectivity index (χ2n) is 4.99. The van der Waals surface area contributed by atoms with Gasteiger partial charge in [-0.25, -0.2) is 4.39 Å². The highest BCUT2D eigenvalue weighted by Crippen LogP contribution is 2.41. The first-order valence-corrected chi connectivity index (χ1v) is 10.3. The lowest BCUT2D eigenvalue weighted by Gasteiger charge is -2.37. The number of nitrogens with two attached hydrogens (primary N) is 1. The smallest absolute Gasteiger partial charge is 0.126 e. The van der Waals surface area contributed by atoms with Crippen LogP contribution in [-0.2, 0) is 0 Å². The Labute approximate surface area is 126 Å². The summed E-state index contributed by atoms with van der Waals surface area (Å²) in [5.74, 6) is -0.397. The van der Waals surface area contributed by atoms with Crippen molar-refractivity contribution in [2.75, 3.05) is 6.54 Å². The van der Waals surface area contributed by atoms with Crippen LogP contribution in [-0.4, -0.2) is 14.6 Å². The Morgan fingerprint density at radius 3 is 1.84 bits per heavy atom. The van der Waals surface area contributed by atoms with Crippen LogP contribution in [0.4, 0.5) is 4.39 Å². The fourth-order valence-corrected chi connectivity index (χ4v) is 8.36. The maximum atomic E-state index is 13.3. The summed E-state index contributed by atoms with van der Waals surface area (Å²) in [6.45, 7) is 7.17. The van der Waals surface area contributed by atoms with Crippen molar-refractivity contribution in [1.29, 1.82) is 0 Å². The molecule has 0 spiro atoms. The first-order chi connectivity index (χ1) is 8.95. The van der Waals surface area contributed by atoms with E-state index in [-0.39, 0.29) is 5.54 Å². The summed E-state index contributed by atoms with van der Waals surface area (Å²) in [4.78, 5) is 0. The van der Waals surface area contributed by atoms with Crippen LogP contribution in [0.1, 0.15) is 31.9 Å². The molecular weight excluding hydrogens is 300 g/mol. The predicted molar refractivity (Wildman–Crippen MR) is 85.4 cm³/mol. The van der Waals surface area contributed by atoms with Gasteiger partial charge in [0.05, 0.1) is 8.07 Å².